The normalized spacial score (nSPS) is 10.0. The topological polar surface area (TPSA) is 35.5 Å². The van der Waals surface area contributed by atoms with Gasteiger partial charge in [0.1, 0.15) is 11.6 Å². The van der Waals surface area contributed by atoms with Crippen molar-refractivity contribution in [1.82, 2.24) is 0 Å². The summed E-state index contributed by atoms with van der Waals surface area (Å²) in [6.07, 6.45) is 1.49. The molecule has 0 saturated carbocycles. The first kappa shape index (κ1) is 14.7. The average molecular weight is 290 g/mol. The van der Waals surface area contributed by atoms with E-state index in [0.29, 0.717) is 11.6 Å². The molecule has 0 heterocycles. The van der Waals surface area contributed by atoms with Crippen LogP contribution in [-0.2, 0) is 4.74 Å². The van der Waals surface area contributed by atoms with Crippen LogP contribution in [0.1, 0.15) is 15.9 Å². The number of esters is 1. The molecular weight excluding hydrogens is 278 g/mol. The minimum Gasteiger partial charge on any atom is -0.465 e. The predicted octanol–water partition coefficient (Wildman–Crippen LogP) is 4.19. The van der Waals surface area contributed by atoms with Crippen molar-refractivity contribution >= 4 is 12.0 Å². The third-order valence-corrected chi connectivity index (χ3v) is 2.77. The molecule has 0 atom stereocenters. The Morgan fingerprint density at radius 3 is 2.57 bits per heavy atom. The summed E-state index contributed by atoms with van der Waals surface area (Å²) in [6, 6.07) is 7.52. The molecular formula is C16H12F2O3. The molecule has 0 aliphatic rings. The maximum Gasteiger partial charge on any atom is 0.338 e. The van der Waals surface area contributed by atoms with E-state index in [-0.39, 0.29) is 17.1 Å². The summed E-state index contributed by atoms with van der Waals surface area (Å²) in [5.41, 5.74) is 0.807. The number of rotatable bonds is 4. The van der Waals surface area contributed by atoms with Gasteiger partial charge in [0.2, 0.25) is 0 Å². The van der Waals surface area contributed by atoms with Crippen LogP contribution in [0, 0.1) is 11.6 Å². The average Bonchev–Trinajstić information content (AvgIpc) is 2.49. The number of methoxy groups -OCH3 is 1. The molecule has 0 N–H and O–H groups in total. The van der Waals surface area contributed by atoms with Gasteiger partial charge in [-0.05, 0) is 29.8 Å². The van der Waals surface area contributed by atoms with Gasteiger partial charge in [-0.2, -0.15) is 0 Å². The fourth-order valence-corrected chi connectivity index (χ4v) is 1.75. The summed E-state index contributed by atoms with van der Waals surface area (Å²) in [5, 5.41) is 0. The maximum atomic E-state index is 13.5. The lowest BCUT2D eigenvalue weighted by Crippen LogP contribution is -2.04. The predicted molar refractivity (Wildman–Crippen MR) is 74.3 cm³/mol. The Labute approximate surface area is 120 Å². The molecule has 0 saturated heterocycles. The van der Waals surface area contributed by atoms with Crippen LogP contribution in [0.5, 0.6) is 11.5 Å². The van der Waals surface area contributed by atoms with Crippen molar-refractivity contribution in [3.05, 3.63) is 65.7 Å². The quantitative estimate of drug-likeness (QED) is 0.792. The monoisotopic (exact) mass is 290 g/mol. The molecule has 0 spiro atoms. The Bertz CT molecular complexity index is 696. The van der Waals surface area contributed by atoms with Crippen LogP contribution in [-0.4, -0.2) is 13.1 Å². The molecule has 3 nitrogen and oxygen atoms in total. The van der Waals surface area contributed by atoms with Gasteiger partial charge in [-0.1, -0.05) is 18.7 Å². The van der Waals surface area contributed by atoms with Crippen molar-refractivity contribution in [1.29, 1.82) is 0 Å². The third-order valence-electron chi connectivity index (χ3n) is 2.77. The van der Waals surface area contributed by atoms with E-state index in [2.05, 4.69) is 11.3 Å². The van der Waals surface area contributed by atoms with E-state index in [4.69, 9.17) is 4.74 Å². The minimum absolute atomic E-state index is 0.140. The molecule has 2 aromatic rings. The highest BCUT2D eigenvalue weighted by atomic mass is 19.1. The Balaban J connectivity index is 2.36. The Morgan fingerprint density at radius 2 is 1.95 bits per heavy atom. The van der Waals surface area contributed by atoms with E-state index in [9.17, 15) is 13.6 Å². The van der Waals surface area contributed by atoms with Gasteiger partial charge in [0, 0.05) is 6.07 Å². The number of hydrogen-bond acceptors (Lipinski definition) is 3. The first-order chi connectivity index (χ1) is 10.0. The molecule has 0 fully saturated rings. The second-order valence-corrected chi connectivity index (χ2v) is 4.12. The second-order valence-electron chi connectivity index (χ2n) is 4.12. The van der Waals surface area contributed by atoms with Gasteiger partial charge in [-0.15, -0.1) is 0 Å². The van der Waals surface area contributed by atoms with E-state index in [1.54, 1.807) is 12.1 Å². The first-order valence-corrected chi connectivity index (χ1v) is 6.03. The van der Waals surface area contributed by atoms with Crippen LogP contribution in [0.3, 0.4) is 0 Å². The van der Waals surface area contributed by atoms with Crippen LogP contribution in [0.15, 0.2) is 43.0 Å². The van der Waals surface area contributed by atoms with Crippen LogP contribution < -0.4 is 4.74 Å². The highest BCUT2D eigenvalue weighted by Crippen LogP contribution is 2.27. The van der Waals surface area contributed by atoms with E-state index < -0.39 is 17.6 Å². The summed E-state index contributed by atoms with van der Waals surface area (Å²) in [4.78, 5) is 11.7. The Morgan fingerprint density at radius 1 is 1.19 bits per heavy atom. The summed E-state index contributed by atoms with van der Waals surface area (Å²) >= 11 is 0. The fraction of sp³-hybridized carbons (Fsp3) is 0.0625. The van der Waals surface area contributed by atoms with E-state index in [0.717, 1.165) is 6.07 Å². The summed E-state index contributed by atoms with van der Waals surface area (Å²) in [6.45, 7) is 3.60. The van der Waals surface area contributed by atoms with E-state index in [1.807, 2.05) is 0 Å². The van der Waals surface area contributed by atoms with Gasteiger partial charge >= 0.3 is 5.97 Å². The van der Waals surface area contributed by atoms with Crippen molar-refractivity contribution in [2.45, 2.75) is 0 Å². The van der Waals surface area contributed by atoms with Gasteiger partial charge in [-0.3, -0.25) is 0 Å². The molecule has 21 heavy (non-hydrogen) atoms. The molecule has 0 amide bonds. The van der Waals surface area contributed by atoms with E-state index in [1.165, 1.54) is 25.3 Å². The molecule has 5 heteroatoms. The molecule has 0 aliphatic heterocycles. The first-order valence-electron chi connectivity index (χ1n) is 6.03. The molecule has 0 unspecified atom stereocenters. The number of carbonyl (C=O) groups excluding carboxylic acids is 1. The largest absolute Gasteiger partial charge is 0.465 e. The van der Waals surface area contributed by atoms with Crippen molar-refractivity contribution in [3.8, 4) is 11.5 Å². The Kier molecular flexibility index (Phi) is 4.33. The zero-order valence-corrected chi connectivity index (χ0v) is 11.2. The summed E-state index contributed by atoms with van der Waals surface area (Å²) in [5.74, 6) is -2.00. The standard InChI is InChI=1S/C16H12F2O3/c1-3-10-4-6-12(9-13(10)16(19)20-2)21-15-7-5-11(17)8-14(15)18/h3-9H,1H2,2H3. The zero-order valence-electron chi connectivity index (χ0n) is 11.2. The molecule has 0 bridgehead atoms. The van der Waals surface area contributed by atoms with Crippen molar-refractivity contribution in [3.63, 3.8) is 0 Å². The fourth-order valence-electron chi connectivity index (χ4n) is 1.75. The number of hydrogen-bond donors (Lipinski definition) is 0. The van der Waals surface area contributed by atoms with Gasteiger partial charge < -0.3 is 9.47 Å². The number of ether oxygens (including phenoxy) is 2. The van der Waals surface area contributed by atoms with Crippen molar-refractivity contribution in [2.75, 3.05) is 7.11 Å². The number of benzene rings is 2. The smallest absolute Gasteiger partial charge is 0.338 e. The Hall–Kier alpha value is -2.69. The van der Waals surface area contributed by atoms with Crippen LogP contribution >= 0.6 is 0 Å². The summed E-state index contributed by atoms with van der Waals surface area (Å²) in [7, 11) is 1.25. The van der Waals surface area contributed by atoms with Crippen LogP contribution in [0.25, 0.3) is 6.08 Å². The summed E-state index contributed by atoms with van der Waals surface area (Å²) < 4.78 is 36.3. The lowest BCUT2D eigenvalue weighted by atomic mass is 10.1. The number of halogens is 2. The van der Waals surface area contributed by atoms with Crippen LogP contribution in [0.4, 0.5) is 8.78 Å². The van der Waals surface area contributed by atoms with Gasteiger partial charge in [0.25, 0.3) is 0 Å². The van der Waals surface area contributed by atoms with Gasteiger partial charge in [-0.25, -0.2) is 13.6 Å². The lowest BCUT2D eigenvalue weighted by molar-refractivity contribution is 0.0600. The van der Waals surface area contributed by atoms with Gasteiger partial charge in [0.05, 0.1) is 12.7 Å². The maximum absolute atomic E-state index is 13.5. The van der Waals surface area contributed by atoms with Crippen molar-refractivity contribution in [2.24, 2.45) is 0 Å². The van der Waals surface area contributed by atoms with Crippen molar-refractivity contribution < 1.29 is 23.0 Å². The molecule has 0 aromatic heterocycles. The molecule has 2 rings (SSSR count). The lowest BCUT2D eigenvalue weighted by Gasteiger charge is -2.10. The molecule has 108 valence electrons. The SMILES string of the molecule is C=Cc1ccc(Oc2ccc(F)cc2F)cc1C(=O)OC. The van der Waals surface area contributed by atoms with E-state index >= 15 is 0 Å². The highest BCUT2D eigenvalue weighted by Gasteiger charge is 2.13. The zero-order chi connectivity index (χ0) is 15.4. The molecule has 0 aliphatic carbocycles. The molecule has 2 aromatic carbocycles. The van der Waals surface area contributed by atoms with Gasteiger partial charge in [0.15, 0.2) is 11.6 Å². The number of carbonyl (C=O) groups is 1. The minimum atomic E-state index is -0.831. The highest BCUT2D eigenvalue weighted by molar-refractivity contribution is 5.94. The second kappa shape index (κ2) is 6.17. The molecule has 0 radical (unpaired) electrons. The third kappa shape index (κ3) is 3.25. The van der Waals surface area contributed by atoms with Crippen LogP contribution in [0.2, 0.25) is 0 Å².